The van der Waals surface area contributed by atoms with E-state index in [2.05, 4.69) is 27.2 Å². The maximum absolute atomic E-state index is 6.18. The van der Waals surface area contributed by atoms with Crippen molar-refractivity contribution >= 4 is 11.6 Å². The first-order chi connectivity index (χ1) is 9.22. The second kappa shape index (κ2) is 6.54. The molecule has 0 amide bonds. The number of benzene rings is 1. The summed E-state index contributed by atoms with van der Waals surface area (Å²) in [5.74, 6) is 0.674. The molecule has 2 rings (SSSR count). The third-order valence-corrected chi connectivity index (χ3v) is 3.01. The topological polar surface area (TPSA) is 60.2 Å². The molecule has 0 fully saturated rings. The fourth-order valence-electron chi connectivity index (χ4n) is 1.64. The SMILES string of the molecule is CCNCc1cccc(Cl)c1OCc1nonc1C. The minimum atomic E-state index is 0.290. The summed E-state index contributed by atoms with van der Waals surface area (Å²) in [4.78, 5) is 0. The second-order valence-electron chi connectivity index (χ2n) is 4.09. The molecular weight excluding hydrogens is 266 g/mol. The van der Waals surface area contributed by atoms with Crippen molar-refractivity contribution in [1.82, 2.24) is 15.6 Å². The zero-order valence-electron chi connectivity index (χ0n) is 10.9. The predicted molar refractivity (Wildman–Crippen MR) is 72.2 cm³/mol. The first kappa shape index (κ1) is 13.8. The van der Waals surface area contributed by atoms with Crippen LogP contribution in [0.3, 0.4) is 0 Å². The summed E-state index contributed by atoms with van der Waals surface area (Å²) in [5, 5.41) is 11.3. The van der Waals surface area contributed by atoms with E-state index in [0.717, 1.165) is 17.8 Å². The number of aryl methyl sites for hydroxylation is 1. The smallest absolute Gasteiger partial charge is 0.145 e. The summed E-state index contributed by atoms with van der Waals surface area (Å²) in [5.41, 5.74) is 2.41. The Bertz CT molecular complexity index is 542. The van der Waals surface area contributed by atoms with E-state index >= 15 is 0 Å². The van der Waals surface area contributed by atoms with E-state index in [9.17, 15) is 0 Å². The molecule has 0 saturated carbocycles. The number of halogens is 1. The summed E-state index contributed by atoms with van der Waals surface area (Å²) in [6.07, 6.45) is 0. The molecule has 1 aromatic heterocycles. The Morgan fingerprint density at radius 1 is 1.37 bits per heavy atom. The van der Waals surface area contributed by atoms with Crippen LogP contribution in [0, 0.1) is 6.92 Å². The Hall–Kier alpha value is -1.59. The van der Waals surface area contributed by atoms with Crippen LogP contribution >= 0.6 is 11.6 Å². The minimum absolute atomic E-state index is 0.290. The summed E-state index contributed by atoms with van der Waals surface area (Å²) in [7, 11) is 0. The van der Waals surface area contributed by atoms with Crippen LogP contribution in [0.15, 0.2) is 22.8 Å². The maximum Gasteiger partial charge on any atom is 0.145 e. The molecule has 0 bridgehead atoms. The van der Waals surface area contributed by atoms with Gasteiger partial charge in [-0.3, -0.25) is 0 Å². The highest BCUT2D eigenvalue weighted by Crippen LogP contribution is 2.29. The van der Waals surface area contributed by atoms with Crippen LogP contribution in [0.25, 0.3) is 0 Å². The summed E-state index contributed by atoms with van der Waals surface area (Å²) < 4.78 is 10.4. The lowest BCUT2D eigenvalue weighted by atomic mass is 10.2. The van der Waals surface area contributed by atoms with Crippen molar-refractivity contribution in [3.05, 3.63) is 40.2 Å². The highest BCUT2D eigenvalue weighted by atomic mass is 35.5. The molecule has 2 aromatic rings. The molecule has 5 nitrogen and oxygen atoms in total. The van der Waals surface area contributed by atoms with Gasteiger partial charge in [0.1, 0.15) is 23.7 Å². The monoisotopic (exact) mass is 281 g/mol. The lowest BCUT2D eigenvalue weighted by molar-refractivity contribution is 0.268. The van der Waals surface area contributed by atoms with E-state index in [1.807, 2.05) is 19.1 Å². The maximum atomic E-state index is 6.18. The van der Waals surface area contributed by atoms with Crippen LogP contribution in [0.4, 0.5) is 0 Å². The Labute approximate surface area is 116 Å². The Morgan fingerprint density at radius 2 is 2.21 bits per heavy atom. The standard InChI is InChI=1S/C13H16ClN3O2/c1-3-15-7-10-5-4-6-11(14)13(10)18-8-12-9(2)16-19-17-12/h4-6,15H,3,7-8H2,1-2H3. The number of para-hydroxylation sites is 1. The van der Waals surface area contributed by atoms with Crippen molar-refractivity contribution in [2.75, 3.05) is 6.54 Å². The van der Waals surface area contributed by atoms with Gasteiger partial charge in [-0.05, 0) is 19.5 Å². The molecule has 19 heavy (non-hydrogen) atoms. The van der Waals surface area contributed by atoms with E-state index in [1.165, 1.54) is 0 Å². The molecule has 0 radical (unpaired) electrons. The molecular formula is C13H16ClN3O2. The molecule has 0 aliphatic rings. The van der Waals surface area contributed by atoms with Crippen molar-refractivity contribution in [2.45, 2.75) is 27.0 Å². The van der Waals surface area contributed by atoms with Gasteiger partial charge in [0.2, 0.25) is 0 Å². The molecule has 1 aromatic carbocycles. The fraction of sp³-hybridized carbons (Fsp3) is 0.385. The van der Waals surface area contributed by atoms with Crippen LogP contribution in [-0.4, -0.2) is 16.9 Å². The third-order valence-electron chi connectivity index (χ3n) is 2.71. The Morgan fingerprint density at radius 3 is 2.89 bits per heavy atom. The second-order valence-corrected chi connectivity index (χ2v) is 4.50. The van der Waals surface area contributed by atoms with Crippen molar-refractivity contribution < 1.29 is 9.37 Å². The fourth-order valence-corrected chi connectivity index (χ4v) is 1.88. The molecule has 1 N–H and O–H groups in total. The third kappa shape index (κ3) is 3.45. The van der Waals surface area contributed by atoms with Gasteiger partial charge in [0.15, 0.2) is 0 Å². The molecule has 0 aliphatic heterocycles. The average molecular weight is 282 g/mol. The zero-order valence-corrected chi connectivity index (χ0v) is 11.7. The van der Waals surface area contributed by atoms with E-state index in [-0.39, 0.29) is 6.61 Å². The summed E-state index contributed by atoms with van der Waals surface area (Å²) in [6.45, 7) is 5.76. The Kier molecular flexibility index (Phi) is 4.76. The number of rotatable bonds is 6. The number of nitrogens with zero attached hydrogens (tertiary/aromatic N) is 2. The van der Waals surface area contributed by atoms with Gasteiger partial charge < -0.3 is 10.1 Å². The van der Waals surface area contributed by atoms with Gasteiger partial charge >= 0.3 is 0 Å². The van der Waals surface area contributed by atoms with Crippen molar-refractivity contribution in [1.29, 1.82) is 0 Å². The number of hydrogen-bond donors (Lipinski definition) is 1. The van der Waals surface area contributed by atoms with E-state index < -0.39 is 0 Å². The lowest BCUT2D eigenvalue weighted by Gasteiger charge is -2.12. The number of hydrogen-bond acceptors (Lipinski definition) is 5. The van der Waals surface area contributed by atoms with Crippen LogP contribution in [0.1, 0.15) is 23.9 Å². The van der Waals surface area contributed by atoms with E-state index in [1.54, 1.807) is 6.07 Å². The first-order valence-corrected chi connectivity index (χ1v) is 6.49. The van der Waals surface area contributed by atoms with E-state index in [0.29, 0.717) is 23.0 Å². The highest BCUT2D eigenvalue weighted by Gasteiger charge is 2.11. The van der Waals surface area contributed by atoms with Crippen LogP contribution in [-0.2, 0) is 13.2 Å². The average Bonchev–Trinajstić information content (AvgIpc) is 2.81. The van der Waals surface area contributed by atoms with Crippen molar-refractivity contribution in [2.24, 2.45) is 0 Å². The first-order valence-electron chi connectivity index (χ1n) is 6.11. The molecule has 0 saturated heterocycles. The summed E-state index contributed by atoms with van der Waals surface area (Å²) in [6, 6.07) is 5.70. The molecule has 1 heterocycles. The van der Waals surface area contributed by atoms with Gasteiger partial charge in [-0.1, -0.05) is 41.0 Å². The lowest BCUT2D eigenvalue weighted by Crippen LogP contribution is -2.13. The van der Waals surface area contributed by atoms with Gasteiger partial charge in [-0.2, -0.15) is 0 Å². The summed E-state index contributed by atoms with van der Waals surface area (Å²) >= 11 is 6.18. The molecule has 0 atom stereocenters. The van der Waals surface area contributed by atoms with Crippen LogP contribution in [0.5, 0.6) is 5.75 Å². The number of ether oxygens (including phenoxy) is 1. The Balaban J connectivity index is 2.12. The zero-order chi connectivity index (χ0) is 13.7. The molecule has 0 aliphatic carbocycles. The highest BCUT2D eigenvalue weighted by molar-refractivity contribution is 6.32. The molecule has 0 unspecified atom stereocenters. The van der Waals surface area contributed by atoms with Crippen LogP contribution in [0.2, 0.25) is 5.02 Å². The quantitative estimate of drug-likeness (QED) is 0.882. The van der Waals surface area contributed by atoms with Gasteiger partial charge in [0.25, 0.3) is 0 Å². The minimum Gasteiger partial charge on any atom is -0.485 e. The normalized spacial score (nSPS) is 10.7. The number of nitrogens with one attached hydrogen (secondary N) is 1. The predicted octanol–water partition coefficient (Wildman–Crippen LogP) is 2.72. The molecule has 102 valence electrons. The van der Waals surface area contributed by atoms with Crippen molar-refractivity contribution in [3.63, 3.8) is 0 Å². The van der Waals surface area contributed by atoms with E-state index in [4.69, 9.17) is 16.3 Å². The van der Waals surface area contributed by atoms with Crippen LogP contribution < -0.4 is 10.1 Å². The van der Waals surface area contributed by atoms with Gasteiger partial charge in [-0.15, -0.1) is 0 Å². The van der Waals surface area contributed by atoms with Gasteiger partial charge in [0, 0.05) is 12.1 Å². The number of aromatic nitrogens is 2. The van der Waals surface area contributed by atoms with Gasteiger partial charge in [-0.25, -0.2) is 4.63 Å². The molecule has 0 spiro atoms. The molecule has 6 heteroatoms. The largest absolute Gasteiger partial charge is 0.485 e. The van der Waals surface area contributed by atoms with Crippen molar-refractivity contribution in [3.8, 4) is 5.75 Å². The van der Waals surface area contributed by atoms with Gasteiger partial charge in [0.05, 0.1) is 5.02 Å².